The van der Waals surface area contributed by atoms with Gasteiger partial charge in [0, 0.05) is 30.9 Å². The molecule has 30 heavy (non-hydrogen) atoms. The van der Waals surface area contributed by atoms with Gasteiger partial charge in [-0.3, -0.25) is 9.59 Å². The molecule has 2 heterocycles. The molecule has 0 spiro atoms. The molecular weight excluding hydrogens is 402 g/mol. The van der Waals surface area contributed by atoms with Crippen LogP contribution < -0.4 is 5.32 Å². The molecular formula is C21H25N5O3S. The molecule has 8 nitrogen and oxygen atoms in total. The number of carbonyl (C=O) groups is 2. The maximum absolute atomic E-state index is 12.5. The van der Waals surface area contributed by atoms with Crippen molar-refractivity contribution in [2.45, 2.75) is 27.3 Å². The number of rotatable bonds is 8. The summed E-state index contributed by atoms with van der Waals surface area (Å²) in [5.41, 5.74) is 3.92. The number of amides is 2. The highest BCUT2D eigenvalue weighted by molar-refractivity contribution is 8.00. The third-order valence-corrected chi connectivity index (χ3v) is 5.53. The van der Waals surface area contributed by atoms with Gasteiger partial charge in [-0.05, 0) is 32.9 Å². The lowest BCUT2D eigenvalue weighted by atomic mass is 10.2. The molecule has 1 N–H and O–H groups in total. The Bertz CT molecular complexity index is 1030. The maximum Gasteiger partial charge on any atom is 0.235 e. The molecule has 0 unspecified atom stereocenters. The number of anilines is 1. The summed E-state index contributed by atoms with van der Waals surface area (Å²) in [4.78, 5) is 26.1. The lowest BCUT2D eigenvalue weighted by Gasteiger charge is -2.17. The predicted molar refractivity (Wildman–Crippen MR) is 117 cm³/mol. The van der Waals surface area contributed by atoms with Crippen molar-refractivity contribution >= 4 is 29.4 Å². The van der Waals surface area contributed by atoms with Crippen molar-refractivity contribution in [3.8, 4) is 5.69 Å². The Kier molecular flexibility index (Phi) is 6.94. The van der Waals surface area contributed by atoms with Crippen molar-refractivity contribution in [1.29, 1.82) is 0 Å². The summed E-state index contributed by atoms with van der Waals surface area (Å²) >= 11 is 1.26. The van der Waals surface area contributed by atoms with Crippen LogP contribution in [0.25, 0.3) is 5.69 Å². The Labute approximate surface area is 179 Å². The fourth-order valence-electron chi connectivity index (χ4n) is 3.00. The van der Waals surface area contributed by atoms with Crippen molar-refractivity contribution < 1.29 is 14.1 Å². The van der Waals surface area contributed by atoms with Gasteiger partial charge in [-0.15, -0.1) is 11.8 Å². The van der Waals surface area contributed by atoms with E-state index in [0.717, 1.165) is 22.6 Å². The number of aryl methyl sites for hydroxylation is 2. The van der Waals surface area contributed by atoms with Crippen molar-refractivity contribution in [2.24, 2.45) is 0 Å². The largest absolute Gasteiger partial charge is 0.360 e. The average Bonchev–Trinajstić information content (AvgIpc) is 3.25. The molecule has 9 heteroatoms. The molecule has 0 radical (unpaired) electrons. The molecule has 0 fully saturated rings. The van der Waals surface area contributed by atoms with Crippen molar-refractivity contribution in [1.82, 2.24) is 19.8 Å². The highest BCUT2D eigenvalue weighted by Crippen LogP contribution is 2.19. The Morgan fingerprint density at radius 2 is 1.90 bits per heavy atom. The van der Waals surface area contributed by atoms with E-state index in [0.29, 0.717) is 18.1 Å². The second-order valence-electron chi connectivity index (χ2n) is 7.01. The van der Waals surface area contributed by atoms with Crippen LogP contribution in [0.3, 0.4) is 0 Å². The summed E-state index contributed by atoms with van der Waals surface area (Å²) in [7, 11) is 1.76. The minimum Gasteiger partial charge on any atom is -0.360 e. The minimum atomic E-state index is -0.223. The first-order valence-electron chi connectivity index (χ1n) is 9.50. The topological polar surface area (TPSA) is 93.3 Å². The summed E-state index contributed by atoms with van der Waals surface area (Å²) in [6, 6.07) is 11.5. The number of carbonyl (C=O) groups excluding carboxylic acids is 2. The highest BCUT2D eigenvalue weighted by Gasteiger charge is 2.17. The van der Waals surface area contributed by atoms with Crippen LogP contribution >= 0.6 is 11.8 Å². The second-order valence-corrected chi connectivity index (χ2v) is 8.00. The van der Waals surface area contributed by atoms with E-state index in [1.54, 1.807) is 24.9 Å². The smallest absolute Gasteiger partial charge is 0.235 e. The molecule has 2 aromatic heterocycles. The van der Waals surface area contributed by atoms with E-state index >= 15 is 0 Å². The number of hydrogen-bond donors (Lipinski definition) is 1. The van der Waals surface area contributed by atoms with Crippen LogP contribution in [-0.4, -0.2) is 50.2 Å². The molecule has 0 saturated heterocycles. The normalized spacial score (nSPS) is 10.8. The third kappa shape index (κ3) is 5.29. The van der Waals surface area contributed by atoms with Crippen LogP contribution in [0.2, 0.25) is 0 Å². The lowest BCUT2D eigenvalue weighted by Crippen LogP contribution is -2.29. The van der Waals surface area contributed by atoms with Crippen molar-refractivity contribution in [2.75, 3.05) is 23.9 Å². The summed E-state index contributed by atoms with van der Waals surface area (Å²) in [5, 5.41) is 11.0. The van der Waals surface area contributed by atoms with Gasteiger partial charge in [0.05, 0.1) is 22.9 Å². The zero-order chi connectivity index (χ0) is 21.7. The van der Waals surface area contributed by atoms with Gasteiger partial charge in [0.25, 0.3) is 0 Å². The van der Waals surface area contributed by atoms with E-state index in [4.69, 9.17) is 4.52 Å². The number of thioether (sulfide) groups is 1. The standard InChI is InChI=1S/C21H25N5O3S/c1-14-10-19(24-29-14)22-20(27)12-30-13-21(28)25(4)11-18-15(2)23-26(16(18)3)17-8-6-5-7-9-17/h5-10H,11-13H2,1-4H3,(H,22,24,27). The Morgan fingerprint density at radius 1 is 1.17 bits per heavy atom. The fraction of sp³-hybridized carbons (Fsp3) is 0.333. The fourth-order valence-corrected chi connectivity index (χ4v) is 3.75. The zero-order valence-corrected chi connectivity index (χ0v) is 18.3. The minimum absolute atomic E-state index is 0.0451. The van der Waals surface area contributed by atoms with Crippen LogP contribution in [-0.2, 0) is 16.1 Å². The SMILES string of the molecule is Cc1cc(NC(=O)CSCC(=O)N(C)Cc2c(C)nn(-c3ccccc3)c2C)no1. The van der Waals surface area contributed by atoms with Crippen LogP contribution in [0, 0.1) is 20.8 Å². The first-order chi connectivity index (χ1) is 14.3. The summed E-state index contributed by atoms with van der Waals surface area (Å²) in [6.45, 7) is 6.17. The Hall–Kier alpha value is -3.07. The van der Waals surface area contributed by atoms with Crippen LogP contribution in [0.15, 0.2) is 40.9 Å². The van der Waals surface area contributed by atoms with Gasteiger partial charge in [0.15, 0.2) is 5.82 Å². The lowest BCUT2D eigenvalue weighted by molar-refractivity contribution is -0.127. The van der Waals surface area contributed by atoms with Gasteiger partial charge in [-0.1, -0.05) is 23.4 Å². The molecule has 0 aliphatic rings. The number of para-hydroxylation sites is 1. The van der Waals surface area contributed by atoms with Crippen LogP contribution in [0.1, 0.15) is 22.7 Å². The summed E-state index contributed by atoms with van der Waals surface area (Å²) < 4.78 is 6.80. The first-order valence-corrected chi connectivity index (χ1v) is 10.7. The van der Waals surface area contributed by atoms with Gasteiger partial charge in [-0.2, -0.15) is 5.10 Å². The molecule has 0 saturated carbocycles. The molecule has 3 rings (SSSR count). The van der Waals surface area contributed by atoms with Gasteiger partial charge in [-0.25, -0.2) is 4.68 Å². The molecule has 0 bridgehead atoms. The van der Waals surface area contributed by atoms with Gasteiger partial charge in [0.1, 0.15) is 5.76 Å². The van der Waals surface area contributed by atoms with E-state index in [9.17, 15) is 9.59 Å². The second kappa shape index (κ2) is 9.62. The van der Waals surface area contributed by atoms with E-state index < -0.39 is 0 Å². The van der Waals surface area contributed by atoms with Crippen LogP contribution in [0.4, 0.5) is 5.82 Å². The van der Waals surface area contributed by atoms with Crippen LogP contribution in [0.5, 0.6) is 0 Å². The Morgan fingerprint density at radius 3 is 2.57 bits per heavy atom. The van der Waals surface area contributed by atoms with Crippen molar-refractivity contribution in [3.05, 3.63) is 59.1 Å². The van der Waals surface area contributed by atoms with E-state index in [2.05, 4.69) is 15.6 Å². The van der Waals surface area contributed by atoms with E-state index in [1.165, 1.54) is 11.8 Å². The zero-order valence-electron chi connectivity index (χ0n) is 17.5. The van der Waals surface area contributed by atoms with Gasteiger partial charge >= 0.3 is 0 Å². The van der Waals surface area contributed by atoms with E-state index in [-0.39, 0.29) is 23.3 Å². The molecule has 158 valence electrons. The number of hydrogen-bond acceptors (Lipinski definition) is 6. The number of nitrogens with one attached hydrogen (secondary N) is 1. The molecule has 3 aromatic rings. The summed E-state index contributed by atoms with van der Waals surface area (Å²) in [6.07, 6.45) is 0. The third-order valence-electron chi connectivity index (χ3n) is 4.62. The molecule has 0 aliphatic heterocycles. The monoisotopic (exact) mass is 427 g/mol. The maximum atomic E-state index is 12.5. The first kappa shape index (κ1) is 21.6. The molecule has 0 aliphatic carbocycles. The Balaban J connectivity index is 1.52. The van der Waals surface area contributed by atoms with Crippen molar-refractivity contribution in [3.63, 3.8) is 0 Å². The predicted octanol–water partition coefficient (Wildman–Crippen LogP) is 3.12. The van der Waals surface area contributed by atoms with E-state index in [1.807, 2.05) is 48.9 Å². The number of aromatic nitrogens is 3. The summed E-state index contributed by atoms with van der Waals surface area (Å²) in [5.74, 6) is 1.11. The molecule has 2 amide bonds. The quantitative estimate of drug-likeness (QED) is 0.594. The van der Waals surface area contributed by atoms with Gasteiger partial charge in [0.2, 0.25) is 11.8 Å². The number of benzene rings is 1. The highest BCUT2D eigenvalue weighted by atomic mass is 32.2. The molecule has 0 atom stereocenters. The number of nitrogens with zero attached hydrogens (tertiary/aromatic N) is 4. The van der Waals surface area contributed by atoms with Gasteiger partial charge < -0.3 is 14.7 Å². The average molecular weight is 428 g/mol. The molecule has 1 aromatic carbocycles.